The number of nitrogens with one attached hydrogen (secondary N) is 1. The Balaban J connectivity index is 1.46. The predicted octanol–water partition coefficient (Wildman–Crippen LogP) is 3.08. The maximum atomic E-state index is 12.0. The Morgan fingerprint density at radius 1 is 1.00 bits per heavy atom. The lowest BCUT2D eigenvalue weighted by Crippen LogP contribution is -2.26. The molecule has 0 spiro atoms. The van der Waals surface area contributed by atoms with Crippen LogP contribution in [-0.2, 0) is 11.2 Å². The molecule has 0 atom stereocenters. The summed E-state index contributed by atoms with van der Waals surface area (Å²) >= 11 is 0. The number of carbonyl (C=O) groups is 2. The van der Waals surface area contributed by atoms with Crippen LogP contribution in [0, 0.1) is 0 Å². The summed E-state index contributed by atoms with van der Waals surface area (Å²) in [5.74, 6) is 1.75. The van der Waals surface area contributed by atoms with Gasteiger partial charge in [0.1, 0.15) is 0 Å². The van der Waals surface area contributed by atoms with Gasteiger partial charge < -0.3 is 19.3 Å². The van der Waals surface area contributed by atoms with E-state index in [0.29, 0.717) is 41.7 Å². The number of hydrogen-bond donors (Lipinski definition) is 1. The van der Waals surface area contributed by atoms with E-state index in [-0.39, 0.29) is 24.5 Å². The summed E-state index contributed by atoms with van der Waals surface area (Å²) in [6.07, 6.45) is 0.687. The lowest BCUT2D eigenvalue weighted by Gasteiger charge is -2.07. The summed E-state index contributed by atoms with van der Waals surface area (Å²) in [4.78, 5) is 28.4. The number of Topliss-reactive ketones (excluding diaryl/α,β-unsaturated/α-hetero) is 1. The fraction of sp³-hybridized carbons (Fsp3) is 0.273. The molecule has 1 aromatic heterocycles. The Labute approximate surface area is 174 Å². The zero-order chi connectivity index (χ0) is 21.3. The number of nitrogens with zero attached hydrogens (tertiary/aromatic N) is 2. The molecule has 0 bridgehead atoms. The summed E-state index contributed by atoms with van der Waals surface area (Å²) in [6, 6.07) is 14.3. The van der Waals surface area contributed by atoms with Crippen molar-refractivity contribution >= 4 is 11.7 Å². The van der Waals surface area contributed by atoms with E-state index in [1.165, 1.54) is 0 Å². The van der Waals surface area contributed by atoms with Gasteiger partial charge in [-0.3, -0.25) is 9.59 Å². The van der Waals surface area contributed by atoms with E-state index in [0.717, 1.165) is 5.56 Å². The summed E-state index contributed by atoms with van der Waals surface area (Å²) in [5, 5.41) is 6.73. The third-order valence-corrected chi connectivity index (χ3v) is 4.45. The zero-order valence-corrected chi connectivity index (χ0v) is 16.9. The Kier molecular flexibility index (Phi) is 7.15. The Morgan fingerprint density at radius 3 is 2.50 bits per heavy atom. The summed E-state index contributed by atoms with van der Waals surface area (Å²) < 4.78 is 15.7. The molecule has 0 unspecified atom stereocenters. The quantitative estimate of drug-likeness (QED) is 0.513. The summed E-state index contributed by atoms with van der Waals surface area (Å²) in [6.45, 7) is 0.339. The lowest BCUT2D eigenvalue weighted by molar-refractivity contribution is -0.121. The smallest absolute Gasteiger partial charge is 0.228 e. The highest BCUT2D eigenvalue weighted by molar-refractivity contribution is 5.97. The lowest BCUT2D eigenvalue weighted by atomic mass is 10.1. The normalized spacial score (nSPS) is 10.5. The van der Waals surface area contributed by atoms with Gasteiger partial charge in [0.05, 0.1) is 14.2 Å². The van der Waals surface area contributed by atoms with Crippen LogP contribution in [0.4, 0.5) is 0 Å². The molecule has 0 saturated carbocycles. The van der Waals surface area contributed by atoms with Crippen molar-refractivity contribution in [1.29, 1.82) is 0 Å². The summed E-state index contributed by atoms with van der Waals surface area (Å²) in [5.41, 5.74) is 1.34. The van der Waals surface area contributed by atoms with E-state index in [1.807, 2.05) is 12.1 Å². The summed E-state index contributed by atoms with van der Waals surface area (Å²) in [7, 11) is 3.12. The van der Waals surface area contributed by atoms with Crippen LogP contribution in [0.25, 0.3) is 11.4 Å². The van der Waals surface area contributed by atoms with Crippen LogP contribution in [0.2, 0.25) is 0 Å². The number of carbonyl (C=O) groups excluding carboxylic acids is 2. The minimum absolute atomic E-state index is 0.0535. The van der Waals surface area contributed by atoms with Crippen molar-refractivity contribution in [3.63, 3.8) is 0 Å². The number of benzene rings is 2. The van der Waals surface area contributed by atoms with Gasteiger partial charge in [0.2, 0.25) is 17.6 Å². The molecule has 3 aromatic rings. The molecule has 0 aliphatic carbocycles. The number of hydrogen-bond acceptors (Lipinski definition) is 7. The van der Waals surface area contributed by atoms with Gasteiger partial charge in [-0.25, -0.2) is 0 Å². The first-order chi connectivity index (χ1) is 14.6. The molecule has 0 fully saturated rings. The van der Waals surface area contributed by atoms with Crippen molar-refractivity contribution in [2.45, 2.75) is 19.3 Å². The minimum Gasteiger partial charge on any atom is -0.493 e. The molecule has 8 nitrogen and oxygen atoms in total. The van der Waals surface area contributed by atoms with E-state index in [2.05, 4.69) is 15.5 Å². The number of rotatable bonds is 10. The molecule has 1 amide bonds. The second-order valence-corrected chi connectivity index (χ2v) is 6.47. The van der Waals surface area contributed by atoms with E-state index >= 15 is 0 Å². The third kappa shape index (κ3) is 5.44. The second kappa shape index (κ2) is 10.2. The van der Waals surface area contributed by atoms with E-state index < -0.39 is 0 Å². The molecule has 3 rings (SSSR count). The highest BCUT2D eigenvalue weighted by atomic mass is 16.5. The first-order valence-corrected chi connectivity index (χ1v) is 9.50. The van der Waals surface area contributed by atoms with Gasteiger partial charge in [-0.1, -0.05) is 35.5 Å². The van der Waals surface area contributed by atoms with Crippen LogP contribution < -0.4 is 14.8 Å². The number of methoxy groups -OCH3 is 2. The second-order valence-electron chi connectivity index (χ2n) is 6.47. The molecular weight excluding hydrogens is 386 g/mol. The van der Waals surface area contributed by atoms with Crippen molar-refractivity contribution in [3.05, 3.63) is 60.0 Å². The van der Waals surface area contributed by atoms with E-state index in [9.17, 15) is 9.59 Å². The van der Waals surface area contributed by atoms with Gasteiger partial charge in [0.25, 0.3) is 0 Å². The third-order valence-electron chi connectivity index (χ3n) is 4.45. The van der Waals surface area contributed by atoms with Crippen LogP contribution in [0.5, 0.6) is 11.5 Å². The van der Waals surface area contributed by atoms with Crippen LogP contribution in [0.15, 0.2) is 53.1 Å². The average Bonchev–Trinajstić information content (AvgIpc) is 3.26. The molecular formula is C22H23N3O5. The van der Waals surface area contributed by atoms with Gasteiger partial charge in [0.15, 0.2) is 17.3 Å². The molecule has 156 valence electrons. The van der Waals surface area contributed by atoms with Gasteiger partial charge in [-0.2, -0.15) is 4.98 Å². The Bertz CT molecular complexity index is 1000. The van der Waals surface area contributed by atoms with Crippen LogP contribution >= 0.6 is 0 Å². The molecule has 0 radical (unpaired) electrons. The number of ketones is 1. The van der Waals surface area contributed by atoms with Crippen LogP contribution in [0.3, 0.4) is 0 Å². The number of ether oxygens (including phenoxy) is 2. The largest absolute Gasteiger partial charge is 0.493 e. The van der Waals surface area contributed by atoms with Crippen molar-refractivity contribution < 1.29 is 23.6 Å². The van der Waals surface area contributed by atoms with Gasteiger partial charge in [-0.05, 0) is 18.2 Å². The van der Waals surface area contributed by atoms with Crippen LogP contribution in [-0.4, -0.2) is 42.6 Å². The molecule has 8 heteroatoms. The Morgan fingerprint density at radius 2 is 1.77 bits per heavy atom. The van der Waals surface area contributed by atoms with E-state index in [1.54, 1.807) is 50.6 Å². The standard InChI is InChI=1S/C22H23N3O5/c1-28-18-10-8-16(14-19(18)29-2)22-24-21(30-25-22)12-13-23-20(27)11-9-17(26)15-6-4-3-5-7-15/h3-8,10,14H,9,11-13H2,1-2H3,(H,23,27). The molecule has 1 N–H and O–H groups in total. The Hall–Kier alpha value is -3.68. The van der Waals surface area contributed by atoms with Crippen LogP contribution in [0.1, 0.15) is 29.1 Å². The number of amides is 1. The van der Waals surface area contributed by atoms with Gasteiger partial charge in [0, 0.05) is 36.9 Å². The zero-order valence-electron chi connectivity index (χ0n) is 16.9. The van der Waals surface area contributed by atoms with Gasteiger partial charge >= 0.3 is 0 Å². The molecule has 2 aromatic carbocycles. The van der Waals surface area contributed by atoms with Crippen molar-refractivity contribution in [2.75, 3.05) is 20.8 Å². The highest BCUT2D eigenvalue weighted by Crippen LogP contribution is 2.31. The SMILES string of the molecule is COc1ccc(-c2noc(CCNC(=O)CCC(=O)c3ccccc3)n2)cc1OC. The highest BCUT2D eigenvalue weighted by Gasteiger charge is 2.13. The molecule has 0 saturated heterocycles. The molecule has 0 aliphatic rings. The predicted molar refractivity (Wildman–Crippen MR) is 110 cm³/mol. The topological polar surface area (TPSA) is 104 Å². The van der Waals surface area contributed by atoms with E-state index in [4.69, 9.17) is 14.0 Å². The first-order valence-electron chi connectivity index (χ1n) is 9.50. The molecule has 1 heterocycles. The van der Waals surface area contributed by atoms with Crippen molar-refractivity contribution in [2.24, 2.45) is 0 Å². The molecule has 0 aliphatic heterocycles. The monoisotopic (exact) mass is 409 g/mol. The van der Waals surface area contributed by atoms with Gasteiger partial charge in [-0.15, -0.1) is 0 Å². The fourth-order valence-electron chi connectivity index (χ4n) is 2.84. The van der Waals surface area contributed by atoms with Crippen molar-refractivity contribution in [1.82, 2.24) is 15.5 Å². The fourth-order valence-corrected chi connectivity index (χ4v) is 2.84. The van der Waals surface area contributed by atoms with Crippen molar-refractivity contribution in [3.8, 4) is 22.9 Å². The average molecular weight is 409 g/mol. The molecule has 30 heavy (non-hydrogen) atoms. The maximum Gasteiger partial charge on any atom is 0.228 e. The maximum absolute atomic E-state index is 12.0. The first kappa shape index (κ1) is 21.0. The number of aromatic nitrogens is 2. The minimum atomic E-state index is -0.195.